The minimum atomic E-state index is 0.0881. The van der Waals surface area contributed by atoms with Gasteiger partial charge in [-0.1, -0.05) is 45.7 Å². The van der Waals surface area contributed by atoms with E-state index in [4.69, 9.17) is 9.47 Å². The fourth-order valence-corrected chi connectivity index (χ4v) is 3.24. The van der Waals surface area contributed by atoms with Crippen LogP contribution in [-0.2, 0) is 9.47 Å². The first-order valence-corrected chi connectivity index (χ1v) is 8.14. The maximum absolute atomic E-state index is 5.30. The topological polar surface area (TPSA) is 60.0 Å². The summed E-state index contributed by atoms with van der Waals surface area (Å²) in [7, 11) is 0. The number of halogens is 2. The second kappa shape index (κ2) is 4.79. The van der Waals surface area contributed by atoms with Gasteiger partial charge in [0.2, 0.25) is 0 Å². The minimum absolute atomic E-state index is 0.0881. The van der Waals surface area contributed by atoms with Gasteiger partial charge in [0.25, 0.3) is 0 Å². The Morgan fingerprint density at radius 1 is 1.05 bits per heavy atom. The first kappa shape index (κ1) is 14.0. The first-order valence-electron chi connectivity index (χ1n) is 6.30. The molecular weight excluding hydrogens is 378 g/mol. The van der Waals surface area contributed by atoms with Crippen LogP contribution in [0.3, 0.4) is 0 Å². The minimum Gasteiger partial charge on any atom is -0.380 e. The maximum Gasteiger partial charge on any atom is 0.165 e. The Labute approximate surface area is 129 Å². The average Bonchev–Trinajstić information content (AvgIpc) is 2.80. The van der Waals surface area contributed by atoms with Gasteiger partial charge >= 0.3 is 0 Å². The summed E-state index contributed by atoms with van der Waals surface area (Å²) in [6.07, 6.45) is 0. The molecule has 7 heteroatoms. The predicted molar refractivity (Wildman–Crippen MR) is 77.6 cm³/mol. The quantitative estimate of drug-likeness (QED) is 0.797. The number of aromatic nitrogens is 3. The van der Waals surface area contributed by atoms with Crippen molar-refractivity contribution in [2.75, 3.05) is 26.4 Å². The van der Waals surface area contributed by atoms with E-state index in [1.165, 1.54) is 0 Å². The highest BCUT2D eigenvalue weighted by atomic mass is 79.9. The zero-order valence-electron chi connectivity index (χ0n) is 10.9. The number of nitrogens with zero attached hydrogens (tertiary/aromatic N) is 2. The summed E-state index contributed by atoms with van der Waals surface area (Å²) in [6.45, 7) is 7.36. The highest BCUT2D eigenvalue weighted by Gasteiger charge is 2.45. The number of hydrogen-bond acceptors (Lipinski definition) is 4. The van der Waals surface area contributed by atoms with Crippen LogP contribution in [0.1, 0.15) is 35.2 Å². The van der Waals surface area contributed by atoms with Gasteiger partial charge in [-0.05, 0) is 0 Å². The van der Waals surface area contributed by atoms with Gasteiger partial charge in [0.1, 0.15) is 5.82 Å². The molecule has 0 bridgehead atoms. The second-order valence-electron chi connectivity index (χ2n) is 6.10. The molecule has 5 nitrogen and oxygen atoms in total. The molecule has 106 valence electrons. The average molecular weight is 395 g/mol. The van der Waals surface area contributed by atoms with Gasteiger partial charge in [-0.25, -0.2) is 4.98 Å². The Kier molecular flexibility index (Phi) is 3.52. The van der Waals surface area contributed by atoms with Crippen LogP contribution in [0, 0.1) is 10.8 Å². The number of alkyl halides is 2. The summed E-state index contributed by atoms with van der Waals surface area (Å²) in [6, 6.07) is 0. The Balaban J connectivity index is 1.75. The molecule has 1 N–H and O–H groups in total. The van der Waals surface area contributed by atoms with E-state index in [-0.39, 0.29) is 20.5 Å². The van der Waals surface area contributed by atoms with Crippen molar-refractivity contribution in [1.82, 2.24) is 15.2 Å². The van der Waals surface area contributed by atoms with Gasteiger partial charge in [-0.15, -0.1) is 0 Å². The summed E-state index contributed by atoms with van der Waals surface area (Å²) in [5.74, 6) is 1.67. The molecule has 2 unspecified atom stereocenters. The van der Waals surface area contributed by atoms with Gasteiger partial charge < -0.3 is 9.47 Å². The first-order chi connectivity index (χ1) is 8.95. The van der Waals surface area contributed by atoms with Gasteiger partial charge in [0.15, 0.2) is 5.82 Å². The molecule has 0 aliphatic carbocycles. The molecule has 0 saturated carbocycles. The molecule has 0 radical (unpaired) electrons. The van der Waals surface area contributed by atoms with Crippen LogP contribution in [-0.4, -0.2) is 41.6 Å². The van der Waals surface area contributed by atoms with Crippen LogP contribution in [0.15, 0.2) is 0 Å². The number of ether oxygens (including phenoxy) is 2. The second-order valence-corrected chi connectivity index (χ2v) is 7.93. The number of H-pyrrole nitrogens is 1. The van der Waals surface area contributed by atoms with Gasteiger partial charge in [0.05, 0.1) is 36.1 Å². The third-order valence-electron chi connectivity index (χ3n) is 3.94. The maximum atomic E-state index is 5.30. The summed E-state index contributed by atoms with van der Waals surface area (Å²) in [4.78, 5) is 4.89. The van der Waals surface area contributed by atoms with Crippen molar-refractivity contribution in [2.24, 2.45) is 10.8 Å². The van der Waals surface area contributed by atoms with Crippen LogP contribution in [0.2, 0.25) is 0 Å². The number of nitrogens with one attached hydrogen (secondary N) is 1. The van der Waals surface area contributed by atoms with E-state index in [0.29, 0.717) is 0 Å². The fraction of sp³-hybridized carbons (Fsp3) is 0.833. The molecule has 2 aliphatic rings. The number of rotatable bonds is 4. The molecule has 2 saturated heterocycles. The van der Waals surface area contributed by atoms with Crippen LogP contribution in [0.5, 0.6) is 0 Å². The van der Waals surface area contributed by atoms with Crippen molar-refractivity contribution >= 4 is 31.9 Å². The summed E-state index contributed by atoms with van der Waals surface area (Å²) in [5, 5.41) is 7.39. The van der Waals surface area contributed by atoms with Crippen molar-refractivity contribution in [3.63, 3.8) is 0 Å². The molecule has 19 heavy (non-hydrogen) atoms. The molecular formula is C12H17Br2N3O2. The van der Waals surface area contributed by atoms with E-state index in [2.05, 4.69) is 60.9 Å². The Morgan fingerprint density at radius 2 is 1.58 bits per heavy atom. The van der Waals surface area contributed by atoms with Crippen LogP contribution >= 0.6 is 31.9 Å². The zero-order chi connectivity index (χ0) is 13.7. The molecule has 0 aromatic carbocycles. The third kappa shape index (κ3) is 2.28. The Bertz CT molecular complexity index is 431. The van der Waals surface area contributed by atoms with Crippen molar-refractivity contribution in [3.8, 4) is 0 Å². The smallest absolute Gasteiger partial charge is 0.165 e. The van der Waals surface area contributed by atoms with Crippen molar-refractivity contribution < 1.29 is 9.47 Å². The van der Waals surface area contributed by atoms with Crippen molar-refractivity contribution in [3.05, 3.63) is 11.6 Å². The van der Waals surface area contributed by atoms with Crippen LogP contribution < -0.4 is 0 Å². The largest absolute Gasteiger partial charge is 0.380 e. The predicted octanol–water partition coefficient (Wildman–Crippen LogP) is 2.75. The van der Waals surface area contributed by atoms with E-state index in [9.17, 15) is 0 Å². The van der Waals surface area contributed by atoms with Crippen molar-refractivity contribution in [1.29, 1.82) is 0 Å². The molecule has 0 spiro atoms. The van der Waals surface area contributed by atoms with Crippen molar-refractivity contribution in [2.45, 2.75) is 23.5 Å². The normalized spacial score (nSPS) is 27.2. The lowest BCUT2D eigenvalue weighted by molar-refractivity contribution is -0.103. The third-order valence-corrected chi connectivity index (χ3v) is 6.99. The standard InChI is InChI=1S/C12H17Br2N3O2/c1-11(3-18-4-11)7(13)9-15-10(17-16-9)8(14)12(2)5-19-6-12/h7-8H,3-6H2,1-2H3,(H,15,16,17). The van der Waals surface area contributed by atoms with Crippen LogP contribution in [0.25, 0.3) is 0 Å². The number of hydrogen-bond donors (Lipinski definition) is 1. The van der Waals surface area contributed by atoms with E-state index in [0.717, 1.165) is 38.1 Å². The van der Waals surface area contributed by atoms with E-state index in [1.54, 1.807) is 0 Å². The molecule has 1 aromatic heterocycles. The lowest BCUT2D eigenvalue weighted by Crippen LogP contribution is -2.43. The fourth-order valence-electron chi connectivity index (χ4n) is 2.30. The Hall–Kier alpha value is 0.0200. The van der Waals surface area contributed by atoms with Gasteiger partial charge in [0, 0.05) is 10.8 Å². The lowest BCUT2D eigenvalue weighted by Gasteiger charge is -2.41. The molecule has 2 fully saturated rings. The van der Waals surface area contributed by atoms with Gasteiger partial charge in [-0.3, -0.25) is 5.10 Å². The molecule has 3 rings (SSSR count). The summed E-state index contributed by atoms with van der Waals surface area (Å²) >= 11 is 7.41. The van der Waals surface area contributed by atoms with E-state index >= 15 is 0 Å². The highest BCUT2D eigenvalue weighted by molar-refractivity contribution is 9.09. The highest BCUT2D eigenvalue weighted by Crippen LogP contribution is 2.47. The molecule has 2 atom stereocenters. The molecule has 3 heterocycles. The SMILES string of the molecule is CC1(C(Br)c2n[nH]c(C(Br)C3(C)COC3)n2)COC1. The zero-order valence-corrected chi connectivity index (χ0v) is 14.1. The van der Waals surface area contributed by atoms with E-state index < -0.39 is 0 Å². The van der Waals surface area contributed by atoms with Crippen LogP contribution in [0.4, 0.5) is 0 Å². The summed E-state index contributed by atoms with van der Waals surface area (Å²) < 4.78 is 10.6. The molecule has 2 aliphatic heterocycles. The summed E-state index contributed by atoms with van der Waals surface area (Å²) in [5.41, 5.74) is 0.187. The lowest BCUT2D eigenvalue weighted by atomic mass is 9.84. The molecule has 0 amide bonds. The Morgan fingerprint density at radius 3 is 2.05 bits per heavy atom. The van der Waals surface area contributed by atoms with E-state index in [1.807, 2.05) is 0 Å². The van der Waals surface area contributed by atoms with Gasteiger partial charge in [-0.2, -0.15) is 5.10 Å². The molecule has 1 aromatic rings. The monoisotopic (exact) mass is 393 g/mol. The number of aromatic amines is 1.